The number of halogens is 2. The fraction of sp³-hybridized carbons (Fsp3) is 0.700. The molecule has 2 fully saturated rings. The molecule has 0 spiro atoms. The van der Waals surface area contributed by atoms with E-state index in [1.54, 1.807) is 6.07 Å². The summed E-state index contributed by atoms with van der Waals surface area (Å²) < 4.78 is 7.63. The number of hydrogen-bond acceptors (Lipinski definition) is 4. The fourth-order valence-corrected chi connectivity index (χ4v) is 5.06. The van der Waals surface area contributed by atoms with Crippen molar-refractivity contribution in [2.45, 2.75) is 70.1 Å². The summed E-state index contributed by atoms with van der Waals surface area (Å²) in [5, 5.41) is 0.422. The van der Waals surface area contributed by atoms with Gasteiger partial charge in [0.25, 0.3) is 0 Å². The Bertz CT molecular complexity index is 849. The number of aromatic amines is 1. The van der Waals surface area contributed by atoms with Gasteiger partial charge in [0.05, 0.1) is 11.6 Å². The molecule has 2 aromatic rings. The van der Waals surface area contributed by atoms with Gasteiger partial charge in [0, 0.05) is 31.3 Å². The van der Waals surface area contributed by atoms with E-state index in [1.165, 1.54) is 12.8 Å². The Morgan fingerprint density at radius 1 is 1.25 bits per heavy atom. The van der Waals surface area contributed by atoms with Gasteiger partial charge < -0.3 is 9.72 Å². The number of nitrogens with one attached hydrogen (secondary N) is 1. The summed E-state index contributed by atoms with van der Waals surface area (Å²) in [6, 6.07) is 3.72. The maximum Gasteiger partial charge on any atom is 0.327 e. The van der Waals surface area contributed by atoms with Crippen LogP contribution in [0, 0.1) is 0 Å². The summed E-state index contributed by atoms with van der Waals surface area (Å²) in [6.45, 7) is 7.31. The second-order valence-corrected chi connectivity index (χ2v) is 8.56. The van der Waals surface area contributed by atoms with Crippen molar-refractivity contribution in [3.63, 3.8) is 0 Å². The van der Waals surface area contributed by atoms with E-state index < -0.39 is 0 Å². The molecule has 6 nitrogen and oxygen atoms in total. The second-order valence-electron chi connectivity index (χ2n) is 8.18. The molecular formula is C20H30Cl2N4O2. The number of likely N-dealkylation sites (tertiary alicyclic amines) is 1. The summed E-state index contributed by atoms with van der Waals surface area (Å²) in [5.41, 5.74) is 1.61. The molecule has 1 aliphatic heterocycles. The van der Waals surface area contributed by atoms with Crippen LogP contribution in [-0.4, -0.2) is 50.8 Å². The number of H-pyrrole nitrogens is 1. The molecule has 0 amide bonds. The Morgan fingerprint density at radius 3 is 2.57 bits per heavy atom. The fourth-order valence-electron chi connectivity index (χ4n) is 4.91. The van der Waals surface area contributed by atoms with E-state index in [1.807, 2.05) is 10.6 Å². The van der Waals surface area contributed by atoms with Gasteiger partial charge in [-0.25, -0.2) is 9.78 Å². The summed E-state index contributed by atoms with van der Waals surface area (Å²) in [5.74, 6) is 0. The van der Waals surface area contributed by atoms with Crippen molar-refractivity contribution in [3.8, 4) is 0 Å². The number of fused-ring (bicyclic) bond motifs is 1. The van der Waals surface area contributed by atoms with Gasteiger partial charge in [0.15, 0.2) is 5.65 Å². The van der Waals surface area contributed by atoms with E-state index in [9.17, 15) is 4.79 Å². The minimum absolute atomic E-state index is 0. The van der Waals surface area contributed by atoms with Crippen molar-refractivity contribution >= 4 is 35.2 Å². The van der Waals surface area contributed by atoms with Crippen LogP contribution in [0.5, 0.6) is 0 Å². The average Bonchev–Trinajstić information content (AvgIpc) is 2.99. The lowest BCUT2D eigenvalue weighted by Gasteiger charge is -2.48. The van der Waals surface area contributed by atoms with E-state index in [0.29, 0.717) is 16.9 Å². The molecular weight excluding hydrogens is 399 g/mol. The number of imidazole rings is 1. The first kappa shape index (κ1) is 21.6. The molecule has 8 heteroatoms. The van der Waals surface area contributed by atoms with Gasteiger partial charge in [-0.1, -0.05) is 11.6 Å². The van der Waals surface area contributed by atoms with Gasteiger partial charge in [0.2, 0.25) is 0 Å². The van der Waals surface area contributed by atoms with Crippen LogP contribution in [0.3, 0.4) is 0 Å². The van der Waals surface area contributed by atoms with Gasteiger partial charge >= 0.3 is 5.69 Å². The first-order valence-corrected chi connectivity index (χ1v) is 10.5. The maximum absolute atomic E-state index is 12.5. The molecule has 1 saturated heterocycles. The Hall–Kier alpha value is -1.08. The summed E-state index contributed by atoms with van der Waals surface area (Å²) >= 11 is 6.06. The highest BCUT2D eigenvalue weighted by molar-refractivity contribution is 6.29. The third-order valence-electron chi connectivity index (χ3n) is 6.53. The number of aromatic nitrogens is 3. The lowest BCUT2D eigenvalue weighted by Crippen LogP contribution is -2.53. The molecule has 2 aromatic heterocycles. The zero-order valence-corrected chi connectivity index (χ0v) is 18.2. The summed E-state index contributed by atoms with van der Waals surface area (Å²) in [6.07, 6.45) is 7.03. The number of rotatable bonds is 4. The van der Waals surface area contributed by atoms with E-state index in [2.05, 4.69) is 28.7 Å². The van der Waals surface area contributed by atoms with Crippen molar-refractivity contribution in [1.29, 1.82) is 0 Å². The van der Waals surface area contributed by atoms with Crippen molar-refractivity contribution in [2.75, 3.05) is 19.7 Å². The van der Waals surface area contributed by atoms with E-state index in [4.69, 9.17) is 16.3 Å². The standard InChI is InChI=1S/C20H29ClN4O2.ClH/c1-3-27-15-6-10-20(2,11-7-15)24-12-8-14(9-13-24)25-18-16(22-19(25)26)4-5-17(21)23-18;/h4-5,14-15H,3,6-13H2,1-2H3,(H,22,26);1H/t15-,20-;. The van der Waals surface area contributed by atoms with Gasteiger partial charge in [-0.2, -0.15) is 0 Å². The minimum Gasteiger partial charge on any atom is -0.379 e. The first-order chi connectivity index (χ1) is 13.0. The quantitative estimate of drug-likeness (QED) is 0.741. The number of ether oxygens (including phenoxy) is 1. The first-order valence-electron chi connectivity index (χ1n) is 10.1. The van der Waals surface area contributed by atoms with Gasteiger partial charge in [-0.3, -0.25) is 9.47 Å². The zero-order chi connectivity index (χ0) is 19.0. The summed E-state index contributed by atoms with van der Waals surface area (Å²) in [4.78, 5) is 22.4. The van der Waals surface area contributed by atoms with Crippen LogP contribution in [0.1, 0.15) is 58.4 Å². The van der Waals surface area contributed by atoms with Crippen molar-refractivity contribution in [2.24, 2.45) is 0 Å². The third-order valence-corrected chi connectivity index (χ3v) is 6.75. The van der Waals surface area contributed by atoms with Crippen molar-refractivity contribution in [3.05, 3.63) is 27.8 Å². The Morgan fingerprint density at radius 2 is 1.93 bits per heavy atom. The Kier molecular flexibility index (Phi) is 6.75. The van der Waals surface area contributed by atoms with Crippen LogP contribution >= 0.6 is 24.0 Å². The van der Waals surface area contributed by atoms with Gasteiger partial charge in [0.1, 0.15) is 5.15 Å². The predicted octanol–water partition coefficient (Wildman–Crippen LogP) is 4.17. The topological polar surface area (TPSA) is 63.1 Å². The molecule has 1 N–H and O–H groups in total. The lowest BCUT2D eigenvalue weighted by molar-refractivity contribution is -0.0273. The highest BCUT2D eigenvalue weighted by Gasteiger charge is 2.38. The molecule has 1 aliphatic carbocycles. The summed E-state index contributed by atoms with van der Waals surface area (Å²) in [7, 11) is 0. The van der Waals surface area contributed by atoms with Gasteiger partial charge in [-0.05, 0) is 64.5 Å². The van der Waals surface area contributed by atoms with Crippen molar-refractivity contribution in [1.82, 2.24) is 19.4 Å². The third kappa shape index (κ3) is 4.11. The van der Waals surface area contributed by atoms with Crippen LogP contribution < -0.4 is 5.69 Å². The molecule has 2 aliphatic rings. The van der Waals surface area contributed by atoms with Gasteiger partial charge in [-0.15, -0.1) is 12.4 Å². The van der Waals surface area contributed by atoms with Crippen molar-refractivity contribution < 1.29 is 4.74 Å². The number of pyridine rings is 1. The SMILES string of the molecule is CCO[C@H]1CC[C@](C)(N2CCC(n3c(=O)[nH]c4ccc(Cl)nc43)CC2)CC1.Cl. The molecule has 1 saturated carbocycles. The highest BCUT2D eigenvalue weighted by Crippen LogP contribution is 2.37. The van der Waals surface area contributed by atoms with E-state index in [0.717, 1.165) is 50.9 Å². The van der Waals surface area contributed by atoms with Crippen LogP contribution in [-0.2, 0) is 4.74 Å². The molecule has 0 unspecified atom stereocenters. The zero-order valence-electron chi connectivity index (χ0n) is 16.6. The molecule has 3 heterocycles. The largest absolute Gasteiger partial charge is 0.379 e. The molecule has 28 heavy (non-hydrogen) atoms. The molecule has 4 rings (SSSR count). The second kappa shape index (κ2) is 8.74. The number of piperidine rings is 1. The molecule has 0 radical (unpaired) electrons. The highest BCUT2D eigenvalue weighted by atomic mass is 35.5. The normalized spacial score (nSPS) is 27.0. The molecule has 0 atom stereocenters. The average molecular weight is 429 g/mol. The minimum atomic E-state index is -0.0818. The lowest BCUT2D eigenvalue weighted by atomic mass is 9.79. The number of hydrogen-bond donors (Lipinski definition) is 1. The maximum atomic E-state index is 12.5. The van der Waals surface area contributed by atoms with Crippen LogP contribution in [0.15, 0.2) is 16.9 Å². The molecule has 156 valence electrons. The monoisotopic (exact) mass is 428 g/mol. The smallest absolute Gasteiger partial charge is 0.327 e. The van der Waals surface area contributed by atoms with Crippen LogP contribution in [0.2, 0.25) is 5.15 Å². The Labute approximate surface area is 177 Å². The Balaban J connectivity index is 0.00000225. The molecule has 0 bridgehead atoms. The predicted molar refractivity (Wildman–Crippen MR) is 115 cm³/mol. The van der Waals surface area contributed by atoms with E-state index >= 15 is 0 Å². The van der Waals surface area contributed by atoms with Crippen LogP contribution in [0.4, 0.5) is 0 Å². The van der Waals surface area contributed by atoms with Crippen LogP contribution in [0.25, 0.3) is 11.2 Å². The van der Waals surface area contributed by atoms with E-state index in [-0.39, 0.29) is 29.7 Å². The molecule has 0 aromatic carbocycles. The number of nitrogens with zero attached hydrogens (tertiary/aromatic N) is 3.